The van der Waals surface area contributed by atoms with E-state index in [1.807, 2.05) is 25.1 Å². The van der Waals surface area contributed by atoms with Crippen molar-refractivity contribution in [2.75, 3.05) is 16.8 Å². The molecule has 5 heteroatoms. The zero-order valence-corrected chi connectivity index (χ0v) is 15.6. The molecule has 26 heavy (non-hydrogen) atoms. The first-order valence-electron chi connectivity index (χ1n) is 8.99. The van der Waals surface area contributed by atoms with Crippen molar-refractivity contribution in [3.63, 3.8) is 0 Å². The van der Waals surface area contributed by atoms with Gasteiger partial charge in [-0.25, -0.2) is 0 Å². The first kappa shape index (κ1) is 17.9. The molecular formula is C21H25N5. The average Bonchev–Trinajstić information content (AvgIpc) is 2.64. The van der Waals surface area contributed by atoms with Crippen LogP contribution in [0.5, 0.6) is 0 Å². The monoisotopic (exact) mass is 347 g/mol. The molecule has 0 radical (unpaired) electrons. The Bertz CT molecular complexity index is 831. The minimum absolute atomic E-state index is 0.575. The number of nitrogens with zero attached hydrogens (tertiary/aromatic N) is 4. The maximum absolute atomic E-state index is 4.66. The fourth-order valence-corrected chi connectivity index (χ4v) is 2.75. The van der Waals surface area contributed by atoms with Gasteiger partial charge in [0.2, 0.25) is 11.9 Å². The Kier molecular flexibility index (Phi) is 5.79. The van der Waals surface area contributed by atoms with E-state index in [1.165, 1.54) is 11.1 Å². The van der Waals surface area contributed by atoms with E-state index in [2.05, 4.69) is 75.4 Å². The van der Waals surface area contributed by atoms with E-state index in [0.717, 1.165) is 25.2 Å². The molecule has 2 aromatic carbocycles. The van der Waals surface area contributed by atoms with Crippen LogP contribution in [0.2, 0.25) is 0 Å². The fourth-order valence-electron chi connectivity index (χ4n) is 2.75. The van der Waals surface area contributed by atoms with Crippen molar-refractivity contribution in [1.82, 2.24) is 15.0 Å². The molecule has 0 aliphatic carbocycles. The Balaban J connectivity index is 1.84. The molecule has 3 rings (SSSR count). The fraction of sp³-hybridized carbons (Fsp3) is 0.286. The molecule has 0 aliphatic rings. The predicted octanol–water partition coefficient (Wildman–Crippen LogP) is 4.65. The lowest BCUT2D eigenvalue weighted by atomic mass is 10.2. The molecule has 0 saturated heterocycles. The van der Waals surface area contributed by atoms with Gasteiger partial charge in [-0.05, 0) is 38.0 Å². The molecule has 1 aromatic heterocycles. The van der Waals surface area contributed by atoms with Gasteiger partial charge >= 0.3 is 0 Å². The Morgan fingerprint density at radius 1 is 0.885 bits per heavy atom. The van der Waals surface area contributed by atoms with E-state index in [9.17, 15) is 0 Å². The van der Waals surface area contributed by atoms with Crippen molar-refractivity contribution in [1.29, 1.82) is 0 Å². The van der Waals surface area contributed by atoms with Crippen LogP contribution in [-0.2, 0) is 6.54 Å². The van der Waals surface area contributed by atoms with Crippen LogP contribution in [-0.4, -0.2) is 21.5 Å². The third kappa shape index (κ3) is 4.79. The van der Waals surface area contributed by atoms with Crippen LogP contribution < -0.4 is 10.2 Å². The van der Waals surface area contributed by atoms with Crippen LogP contribution in [0.25, 0.3) is 0 Å². The Hall–Kier alpha value is -2.95. The van der Waals surface area contributed by atoms with Crippen molar-refractivity contribution in [3.8, 4) is 0 Å². The molecule has 0 amide bonds. The van der Waals surface area contributed by atoms with E-state index in [4.69, 9.17) is 0 Å². The number of rotatable bonds is 7. The molecule has 1 heterocycles. The summed E-state index contributed by atoms with van der Waals surface area (Å²) in [7, 11) is 0. The van der Waals surface area contributed by atoms with E-state index in [1.54, 1.807) is 0 Å². The van der Waals surface area contributed by atoms with E-state index >= 15 is 0 Å². The second-order valence-electron chi connectivity index (χ2n) is 6.40. The second kappa shape index (κ2) is 8.43. The Morgan fingerprint density at radius 2 is 1.62 bits per heavy atom. The summed E-state index contributed by atoms with van der Waals surface area (Å²) in [5.41, 5.74) is 3.43. The van der Waals surface area contributed by atoms with Crippen molar-refractivity contribution >= 4 is 17.6 Å². The Morgan fingerprint density at radius 3 is 2.31 bits per heavy atom. The van der Waals surface area contributed by atoms with Gasteiger partial charge in [0.05, 0.1) is 0 Å². The third-order valence-electron chi connectivity index (χ3n) is 4.04. The van der Waals surface area contributed by atoms with Gasteiger partial charge in [0.25, 0.3) is 0 Å². The number of nitrogens with one attached hydrogen (secondary N) is 1. The number of aromatic nitrogens is 3. The quantitative estimate of drug-likeness (QED) is 0.674. The van der Waals surface area contributed by atoms with E-state index in [-0.39, 0.29) is 0 Å². The molecule has 0 fully saturated rings. The van der Waals surface area contributed by atoms with Crippen molar-refractivity contribution in [2.45, 2.75) is 33.7 Å². The lowest BCUT2D eigenvalue weighted by Crippen LogP contribution is -2.26. The zero-order chi connectivity index (χ0) is 18.4. The normalized spacial score (nSPS) is 10.6. The standard InChI is InChI=1S/C21H25N5/c1-4-14-26(15-18-8-6-5-7-9-18)21-23-17(3)22-20(25-21)24-19-12-10-16(2)11-13-19/h5-13H,4,14-15H2,1-3H3,(H,22,23,24,25). The summed E-state index contributed by atoms with van der Waals surface area (Å²) in [5, 5.41) is 3.28. The molecule has 0 saturated carbocycles. The van der Waals surface area contributed by atoms with Crippen LogP contribution in [0, 0.1) is 13.8 Å². The highest BCUT2D eigenvalue weighted by molar-refractivity contribution is 5.54. The highest BCUT2D eigenvalue weighted by Crippen LogP contribution is 2.18. The van der Waals surface area contributed by atoms with Crippen LogP contribution in [0.3, 0.4) is 0 Å². The topological polar surface area (TPSA) is 53.9 Å². The molecule has 0 atom stereocenters. The lowest BCUT2D eigenvalue weighted by molar-refractivity contribution is 0.731. The molecule has 0 bridgehead atoms. The van der Waals surface area contributed by atoms with Crippen LogP contribution in [0.15, 0.2) is 54.6 Å². The number of anilines is 3. The summed E-state index contributed by atoms with van der Waals surface area (Å²) in [6.45, 7) is 7.81. The second-order valence-corrected chi connectivity index (χ2v) is 6.40. The summed E-state index contributed by atoms with van der Waals surface area (Å²) < 4.78 is 0. The molecule has 0 aliphatic heterocycles. The van der Waals surface area contributed by atoms with Crippen LogP contribution in [0.4, 0.5) is 17.6 Å². The summed E-state index contributed by atoms with van der Waals surface area (Å²) in [6, 6.07) is 18.6. The maximum atomic E-state index is 4.66. The molecule has 1 N–H and O–H groups in total. The summed E-state index contributed by atoms with van der Waals surface area (Å²) in [5.74, 6) is 1.99. The van der Waals surface area contributed by atoms with Crippen LogP contribution in [0.1, 0.15) is 30.3 Å². The number of benzene rings is 2. The number of hydrogen-bond acceptors (Lipinski definition) is 5. The average molecular weight is 347 g/mol. The summed E-state index contributed by atoms with van der Waals surface area (Å²) in [4.78, 5) is 15.9. The van der Waals surface area contributed by atoms with Crippen molar-refractivity contribution in [3.05, 3.63) is 71.5 Å². The van der Waals surface area contributed by atoms with Gasteiger partial charge < -0.3 is 10.2 Å². The van der Waals surface area contributed by atoms with Gasteiger partial charge in [-0.1, -0.05) is 55.0 Å². The van der Waals surface area contributed by atoms with Gasteiger partial charge in [0.1, 0.15) is 5.82 Å². The summed E-state index contributed by atoms with van der Waals surface area (Å²) in [6.07, 6.45) is 1.03. The molecular weight excluding hydrogens is 322 g/mol. The van der Waals surface area contributed by atoms with Crippen LogP contribution >= 0.6 is 0 Å². The molecule has 134 valence electrons. The zero-order valence-electron chi connectivity index (χ0n) is 15.6. The molecule has 3 aromatic rings. The van der Waals surface area contributed by atoms with Gasteiger partial charge in [0.15, 0.2) is 0 Å². The number of hydrogen-bond donors (Lipinski definition) is 1. The molecule has 5 nitrogen and oxygen atoms in total. The third-order valence-corrected chi connectivity index (χ3v) is 4.04. The lowest BCUT2D eigenvalue weighted by Gasteiger charge is -2.22. The predicted molar refractivity (Wildman–Crippen MR) is 107 cm³/mol. The highest BCUT2D eigenvalue weighted by atomic mass is 15.3. The minimum Gasteiger partial charge on any atom is -0.336 e. The SMILES string of the molecule is CCCN(Cc1ccccc1)c1nc(C)nc(Nc2ccc(C)cc2)n1. The smallest absolute Gasteiger partial charge is 0.232 e. The first-order valence-corrected chi connectivity index (χ1v) is 8.99. The maximum Gasteiger partial charge on any atom is 0.232 e. The molecule has 0 unspecified atom stereocenters. The van der Waals surface area contributed by atoms with Gasteiger partial charge in [-0.15, -0.1) is 0 Å². The Labute approximate surface area is 155 Å². The van der Waals surface area contributed by atoms with Gasteiger partial charge in [-0.2, -0.15) is 15.0 Å². The van der Waals surface area contributed by atoms with E-state index in [0.29, 0.717) is 17.7 Å². The van der Waals surface area contributed by atoms with Crippen molar-refractivity contribution in [2.24, 2.45) is 0 Å². The summed E-state index contributed by atoms with van der Waals surface area (Å²) >= 11 is 0. The van der Waals surface area contributed by atoms with Gasteiger partial charge in [-0.3, -0.25) is 0 Å². The first-order chi connectivity index (χ1) is 12.6. The highest BCUT2D eigenvalue weighted by Gasteiger charge is 2.12. The molecule has 0 spiro atoms. The van der Waals surface area contributed by atoms with Crippen molar-refractivity contribution < 1.29 is 0 Å². The van der Waals surface area contributed by atoms with E-state index < -0.39 is 0 Å². The largest absolute Gasteiger partial charge is 0.336 e. The number of aryl methyl sites for hydroxylation is 2. The minimum atomic E-state index is 0.575. The van der Waals surface area contributed by atoms with Gasteiger partial charge in [0, 0.05) is 18.8 Å².